The summed E-state index contributed by atoms with van der Waals surface area (Å²) in [6, 6.07) is 17.5. The summed E-state index contributed by atoms with van der Waals surface area (Å²) in [5, 5.41) is 1.21. The Kier molecular flexibility index (Phi) is 10.9. The summed E-state index contributed by atoms with van der Waals surface area (Å²) in [4.78, 5) is 0. The minimum atomic E-state index is 0. The fourth-order valence-electron chi connectivity index (χ4n) is 0.974. The molecule has 0 amide bonds. The van der Waals surface area contributed by atoms with Crippen LogP contribution in [0.25, 0.3) is 0 Å². The van der Waals surface area contributed by atoms with Gasteiger partial charge in [-0.1, -0.05) is 71.2 Å². The molecule has 0 spiro atoms. The van der Waals surface area contributed by atoms with Gasteiger partial charge in [0, 0.05) is 0 Å². The summed E-state index contributed by atoms with van der Waals surface area (Å²) in [7, 11) is 0. The van der Waals surface area contributed by atoms with Crippen LogP contribution in [-0.4, -0.2) is 0 Å². The van der Waals surface area contributed by atoms with Crippen molar-refractivity contribution in [2.75, 3.05) is 0 Å². The molecule has 0 radical (unpaired) electrons. The fourth-order valence-corrected chi connectivity index (χ4v) is 1.25. The van der Waals surface area contributed by atoms with E-state index in [9.17, 15) is 0 Å². The van der Waals surface area contributed by atoms with Crippen molar-refractivity contribution in [3.8, 4) is 0 Å². The first-order valence-corrected chi connectivity index (χ1v) is 5.37. The molecule has 2 aromatic rings. The van der Waals surface area contributed by atoms with Gasteiger partial charge < -0.3 is 12.3 Å². The third-order valence-corrected chi connectivity index (χ3v) is 2.52. The van der Waals surface area contributed by atoms with Gasteiger partial charge in [0.2, 0.25) is 0 Å². The number of aryl methyl sites for hydroxylation is 1. The zero-order valence-electron chi connectivity index (χ0n) is 9.87. The highest BCUT2D eigenvalue weighted by Gasteiger charge is 1.89. The molecule has 4 heteroatoms. The SMILES string of the molecule is Cc1ccccc1.Clc1ccccc1Cl.N.N. The van der Waals surface area contributed by atoms with E-state index in [4.69, 9.17) is 23.2 Å². The van der Waals surface area contributed by atoms with Gasteiger partial charge in [-0.15, -0.1) is 0 Å². The monoisotopic (exact) mass is 272 g/mol. The van der Waals surface area contributed by atoms with E-state index in [1.165, 1.54) is 5.56 Å². The van der Waals surface area contributed by atoms with Crippen molar-refractivity contribution < 1.29 is 0 Å². The quantitative estimate of drug-likeness (QED) is 0.682. The number of rotatable bonds is 0. The van der Waals surface area contributed by atoms with E-state index in [0.717, 1.165) is 0 Å². The Hall–Kier alpha value is -1.06. The van der Waals surface area contributed by atoms with E-state index < -0.39 is 0 Å². The first-order valence-electron chi connectivity index (χ1n) is 4.62. The molecule has 0 saturated heterocycles. The molecule has 6 N–H and O–H groups in total. The van der Waals surface area contributed by atoms with E-state index in [2.05, 4.69) is 19.1 Å². The molecular weight excluding hydrogens is 255 g/mol. The Bertz CT molecular complexity index is 384. The van der Waals surface area contributed by atoms with Crippen molar-refractivity contribution in [1.82, 2.24) is 12.3 Å². The van der Waals surface area contributed by atoms with Crippen LogP contribution in [0.4, 0.5) is 0 Å². The van der Waals surface area contributed by atoms with Gasteiger partial charge in [0.25, 0.3) is 0 Å². The fraction of sp³-hybridized carbons (Fsp3) is 0.0769. The van der Waals surface area contributed by atoms with Crippen LogP contribution in [0.5, 0.6) is 0 Å². The lowest BCUT2D eigenvalue weighted by Crippen LogP contribution is -1.62. The third kappa shape index (κ3) is 7.77. The minimum absolute atomic E-state index is 0. The third-order valence-electron chi connectivity index (χ3n) is 1.76. The van der Waals surface area contributed by atoms with Crippen molar-refractivity contribution in [2.24, 2.45) is 0 Å². The standard InChI is InChI=1S/C7H8.C6H4Cl2.2H3N/c1-7-5-3-2-4-6-7;7-5-3-1-2-4-6(5)8;;/h2-6H,1H3;1-4H;2*1H3. The highest BCUT2D eigenvalue weighted by atomic mass is 35.5. The minimum Gasteiger partial charge on any atom is -0.344 e. The zero-order chi connectivity index (χ0) is 11.1. The lowest BCUT2D eigenvalue weighted by atomic mass is 10.2. The van der Waals surface area contributed by atoms with Gasteiger partial charge in [0.1, 0.15) is 0 Å². The van der Waals surface area contributed by atoms with E-state index in [1.54, 1.807) is 12.1 Å². The van der Waals surface area contributed by atoms with Crippen molar-refractivity contribution in [3.63, 3.8) is 0 Å². The first kappa shape index (κ1) is 18.3. The lowest BCUT2D eigenvalue weighted by molar-refractivity contribution is 1.48. The molecule has 0 aliphatic heterocycles. The molecule has 0 aliphatic carbocycles. The molecule has 2 aromatic carbocycles. The van der Waals surface area contributed by atoms with Crippen LogP contribution in [-0.2, 0) is 0 Å². The van der Waals surface area contributed by atoms with Crippen LogP contribution >= 0.6 is 23.2 Å². The van der Waals surface area contributed by atoms with Crippen molar-refractivity contribution in [1.29, 1.82) is 0 Å². The lowest BCUT2D eigenvalue weighted by Gasteiger charge is -1.88. The molecule has 0 aliphatic rings. The van der Waals surface area contributed by atoms with Gasteiger partial charge >= 0.3 is 0 Å². The van der Waals surface area contributed by atoms with Crippen LogP contribution in [0, 0.1) is 6.92 Å². The topological polar surface area (TPSA) is 70.0 Å². The summed E-state index contributed by atoms with van der Waals surface area (Å²) in [6.45, 7) is 2.08. The van der Waals surface area contributed by atoms with Crippen molar-refractivity contribution >= 4 is 23.2 Å². The Morgan fingerprint density at radius 3 is 1.24 bits per heavy atom. The molecule has 94 valence electrons. The second kappa shape index (κ2) is 10.1. The summed E-state index contributed by atoms with van der Waals surface area (Å²) in [5.74, 6) is 0. The van der Waals surface area contributed by atoms with Gasteiger partial charge in [-0.2, -0.15) is 0 Å². The summed E-state index contributed by atoms with van der Waals surface area (Å²) in [5.41, 5.74) is 1.32. The Labute approximate surface area is 113 Å². The van der Waals surface area contributed by atoms with Crippen molar-refractivity contribution in [2.45, 2.75) is 6.92 Å². The second-order valence-electron chi connectivity index (χ2n) is 3.07. The van der Waals surface area contributed by atoms with Crippen LogP contribution in [0.2, 0.25) is 10.0 Å². The van der Waals surface area contributed by atoms with Gasteiger partial charge in [0.05, 0.1) is 10.0 Å². The molecule has 0 heterocycles. The maximum Gasteiger partial charge on any atom is 0.0592 e. The first-order chi connectivity index (χ1) is 7.20. The molecule has 0 saturated carbocycles. The normalized spacial score (nSPS) is 7.94. The molecular formula is C13H18Cl2N2. The highest BCUT2D eigenvalue weighted by molar-refractivity contribution is 6.41. The number of hydrogen-bond donors (Lipinski definition) is 2. The molecule has 0 aromatic heterocycles. The maximum absolute atomic E-state index is 5.58. The predicted octanol–water partition coefficient (Wildman–Crippen LogP) is 5.31. The summed E-state index contributed by atoms with van der Waals surface area (Å²) < 4.78 is 0. The van der Waals surface area contributed by atoms with Crippen LogP contribution < -0.4 is 12.3 Å². The second-order valence-corrected chi connectivity index (χ2v) is 3.88. The Balaban J connectivity index is 0. The van der Waals surface area contributed by atoms with Crippen molar-refractivity contribution in [3.05, 3.63) is 70.2 Å². The molecule has 0 bridgehead atoms. The number of benzene rings is 2. The van der Waals surface area contributed by atoms with Crippen LogP contribution in [0.15, 0.2) is 54.6 Å². The van der Waals surface area contributed by atoms with E-state index in [-0.39, 0.29) is 12.3 Å². The van der Waals surface area contributed by atoms with Crippen LogP contribution in [0.1, 0.15) is 5.56 Å². The molecule has 0 unspecified atom stereocenters. The Morgan fingerprint density at radius 2 is 1.00 bits per heavy atom. The maximum atomic E-state index is 5.58. The zero-order valence-corrected chi connectivity index (χ0v) is 11.4. The molecule has 2 nitrogen and oxygen atoms in total. The summed E-state index contributed by atoms with van der Waals surface area (Å²) >= 11 is 11.2. The van der Waals surface area contributed by atoms with E-state index >= 15 is 0 Å². The average Bonchev–Trinajstić information content (AvgIpc) is 2.25. The van der Waals surface area contributed by atoms with E-state index in [1.807, 2.05) is 30.3 Å². The van der Waals surface area contributed by atoms with Gasteiger partial charge in [-0.05, 0) is 19.1 Å². The molecule has 0 fully saturated rings. The Morgan fingerprint density at radius 1 is 0.647 bits per heavy atom. The number of hydrogen-bond acceptors (Lipinski definition) is 2. The van der Waals surface area contributed by atoms with Crippen LogP contribution in [0.3, 0.4) is 0 Å². The molecule has 17 heavy (non-hydrogen) atoms. The average molecular weight is 273 g/mol. The number of halogens is 2. The largest absolute Gasteiger partial charge is 0.344 e. The predicted molar refractivity (Wildman–Crippen MR) is 77.7 cm³/mol. The van der Waals surface area contributed by atoms with Gasteiger partial charge in [-0.3, -0.25) is 0 Å². The highest BCUT2D eigenvalue weighted by Crippen LogP contribution is 2.19. The summed E-state index contributed by atoms with van der Waals surface area (Å²) in [6.07, 6.45) is 0. The molecule has 0 atom stereocenters. The molecule has 2 rings (SSSR count). The van der Waals surface area contributed by atoms with Gasteiger partial charge in [-0.25, -0.2) is 0 Å². The smallest absolute Gasteiger partial charge is 0.0592 e. The van der Waals surface area contributed by atoms with Gasteiger partial charge in [0.15, 0.2) is 0 Å². The van der Waals surface area contributed by atoms with E-state index in [0.29, 0.717) is 10.0 Å².